The molecule has 5 nitrogen and oxygen atoms in total. The molecule has 0 saturated heterocycles. The van der Waals surface area contributed by atoms with E-state index in [1.165, 1.54) is 6.21 Å². The Hall–Kier alpha value is -2.60. The third-order valence-corrected chi connectivity index (χ3v) is 3.93. The van der Waals surface area contributed by atoms with Crippen LogP contribution in [-0.2, 0) is 11.3 Å². The number of aromatic nitrogens is 1. The van der Waals surface area contributed by atoms with Gasteiger partial charge in [-0.25, -0.2) is 0 Å². The van der Waals surface area contributed by atoms with E-state index in [9.17, 15) is 4.79 Å². The van der Waals surface area contributed by atoms with Crippen molar-refractivity contribution in [3.63, 3.8) is 0 Å². The van der Waals surface area contributed by atoms with Crippen molar-refractivity contribution in [2.24, 2.45) is 5.16 Å². The molecule has 116 valence electrons. The topological polar surface area (TPSA) is 66.6 Å². The van der Waals surface area contributed by atoms with Crippen molar-refractivity contribution in [2.45, 2.75) is 6.54 Å². The van der Waals surface area contributed by atoms with Crippen LogP contribution < -0.4 is 5.32 Å². The third-order valence-electron chi connectivity index (χ3n) is 3.44. The Morgan fingerprint density at radius 1 is 1.26 bits per heavy atom. The minimum absolute atomic E-state index is 0.128. The molecule has 0 bridgehead atoms. The Labute approximate surface area is 141 Å². The van der Waals surface area contributed by atoms with Gasteiger partial charge in [0.2, 0.25) is 5.91 Å². The molecule has 1 aromatic heterocycles. The highest BCUT2D eigenvalue weighted by Crippen LogP contribution is 2.20. The summed E-state index contributed by atoms with van der Waals surface area (Å²) < 4.78 is 2.74. The standard InChI is InChI=1S/C17H14BrN3O2/c18-13-4-3-5-14(8-13)20-17(22)11-21-10-12(9-19-23)15-6-1-2-7-16(15)21/h1-10,23H,11H2,(H,20,22). The second-order valence-electron chi connectivity index (χ2n) is 5.03. The number of fused-ring (bicyclic) bond motifs is 1. The Bertz CT molecular complexity index is 886. The van der Waals surface area contributed by atoms with Crippen LogP contribution in [0.4, 0.5) is 5.69 Å². The van der Waals surface area contributed by atoms with Crippen molar-refractivity contribution in [3.8, 4) is 0 Å². The maximum absolute atomic E-state index is 12.3. The van der Waals surface area contributed by atoms with Gasteiger partial charge in [-0.15, -0.1) is 0 Å². The molecule has 0 aliphatic heterocycles. The van der Waals surface area contributed by atoms with E-state index in [0.29, 0.717) is 0 Å². The van der Waals surface area contributed by atoms with E-state index >= 15 is 0 Å². The fourth-order valence-electron chi connectivity index (χ4n) is 2.49. The lowest BCUT2D eigenvalue weighted by Crippen LogP contribution is -2.18. The molecule has 0 fully saturated rings. The van der Waals surface area contributed by atoms with Crippen LogP contribution in [0.3, 0.4) is 0 Å². The number of carbonyl (C=O) groups is 1. The smallest absolute Gasteiger partial charge is 0.244 e. The molecule has 0 saturated carbocycles. The van der Waals surface area contributed by atoms with Crippen LogP contribution in [0.2, 0.25) is 0 Å². The zero-order valence-electron chi connectivity index (χ0n) is 12.1. The number of nitrogens with zero attached hydrogens (tertiary/aromatic N) is 2. The highest BCUT2D eigenvalue weighted by atomic mass is 79.9. The molecule has 3 rings (SSSR count). The highest BCUT2D eigenvalue weighted by molar-refractivity contribution is 9.10. The second-order valence-corrected chi connectivity index (χ2v) is 5.95. The molecular formula is C17H14BrN3O2. The zero-order chi connectivity index (χ0) is 16.2. The summed E-state index contributed by atoms with van der Waals surface area (Å²) in [4.78, 5) is 12.3. The van der Waals surface area contributed by atoms with Crippen LogP contribution in [-0.4, -0.2) is 21.9 Å². The van der Waals surface area contributed by atoms with Crippen molar-refractivity contribution in [1.82, 2.24) is 4.57 Å². The van der Waals surface area contributed by atoms with Gasteiger partial charge in [0, 0.05) is 32.8 Å². The number of rotatable bonds is 4. The first-order chi connectivity index (χ1) is 11.2. The minimum Gasteiger partial charge on any atom is -0.411 e. The fourth-order valence-corrected chi connectivity index (χ4v) is 2.89. The molecule has 23 heavy (non-hydrogen) atoms. The first-order valence-corrected chi connectivity index (χ1v) is 7.77. The summed E-state index contributed by atoms with van der Waals surface area (Å²) in [5.41, 5.74) is 2.41. The van der Waals surface area contributed by atoms with Gasteiger partial charge in [-0.3, -0.25) is 4.79 Å². The van der Waals surface area contributed by atoms with E-state index in [0.717, 1.165) is 26.6 Å². The molecule has 0 aliphatic carbocycles. The quantitative estimate of drug-likeness (QED) is 0.415. The molecule has 0 atom stereocenters. The van der Waals surface area contributed by atoms with Crippen molar-refractivity contribution in [1.29, 1.82) is 0 Å². The summed E-state index contributed by atoms with van der Waals surface area (Å²) in [6.07, 6.45) is 3.16. The first kappa shape index (κ1) is 15.3. The van der Waals surface area contributed by atoms with Crippen LogP contribution in [0.1, 0.15) is 5.56 Å². The summed E-state index contributed by atoms with van der Waals surface area (Å²) in [5, 5.41) is 15.6. The van der Waals surface area contributed by atoms with Crippen LogP contribution in [0, 0.1) is 0 Å². The highest BCUT2D eigenvalue weighted by Gasteiger charge is 2.10. The Balaban J connectivity index is 1.85. The summed E-state index contributed by atoms with van der Waals surface area (Å²) in [6.45, 7) is 0.173. The van der Waals surface area contributed by atoms with Crippen molar-refractivity contribution in [3.05, 3.63) is 64.8 Å². The number of amides is 1. The van der Waals surface area contributed by atoms with E-state index in [-0.39, 0.29) is 12.5 Å². The van der Waals surface area contributed by atoms with Crippen LogP contribution in [0.5, 0.6) is 0 Å². The number of anilines is 1. The molecule has 2 aromatic carbocycles. The van der Waals surface area contributed by atoms with E-state index in [4.69, 9.17) is 5.21 Å². The van der Waals surface area contributed by atoms with Gasteiger partial charge >= 0.3 is 0 Å². The molecule has 2 N–H and O–H groups in total. The molecule has 0 unspecified atom stereocenters. The number of hydrogen-bond acceptors (Lipinski definition) is 3. The van der Waals surface area contributed by atoms with Gasteiger partial charge in [0.25, 0.3) is 0 Å². The van der Waals surface area contributed by atoms with Crippen LogP contribution >= 0.6 is 15.9 Å². The minimum atomic E-state index is -0.128. The molecule has 0 radical (unpaired) electrons. The third kappa shape index (κ3) is 3.43. The molecule has 1 heterocycles. The lowest BCUT2D eigenvalue weighted by atomic mass is 10.2. The molecule has 0 spiro atoms. The molecule has 0 aliphatic rings. The van der Waals surface area contributed by atoms with Gasteiger partial charge in [0.1, 0.15) is 6.54 Å². The summed E-state index contributed by atoms with van der Waals surface area (Å²) >= 11 is 3.38. The molecule has 1 amide bonds. The van der Waals surface area contributed by atoms with E-state index in [1.807, 2.05) is 53.1 Å². The predicted octanol–water partition coefficient (Wildman–Crippen LogP) is 3.85. The van der Waals surface area contributed by atoms with Crippen molar-refractivity contribution >= 4 is 44.6 Å². The van der Waals surface area contributed by atoms with Crippen molar-refractivity contribution < 1.29 is 10.0 Å². The number of nitrogens with one attached hydrogen (secondary N) is 1. The van der Waals surface area contributed by atoms with Crippen LogP contribution in [0.15, 0.2) is 64.4 Å². The lowest BCUT2D eigenvalue weighted by molar-refractivity contribution is -0.116. The maximum Gasteiger partial charge on any atom is 0.244 e. The SMILES string of the molecule is O=C(Cn1cc(C=NO)c2ccccc21)Nc1cccc(Br)c1. The Kier molecular flexibility index (Phi) is 4.43. The number of carbonyl (C=O) groups excluding carboxylic acids is 1. The lowest BCUT2D eigenvalue weighted by Gasteiger charge is -2.07. The van der Waals surface area contributed by atoms with Gasteiger partial charge in [0.05, 0.1) is 6.21 Å². The first-order valence-electron chi connectivity index (χ1n) is 6.98. The average Bonchev–Trinajstić information content (AvgIpc) is 2.86. The summed E-state index contributed by atoms with van der Waals surface area (Å²) in [5.74, 6) is -0.128. The maximum atomic E-state index is 12.3. The predicted molar refractivity (Wildman–Crippen MR) is 94.1 cm³/mol. The number of para-hydroxylation sites is 1. The number of hydrogen-bond donors (Lipinski definition) is 2. The van der Waals surface area contributed by atoms with Crippen LogP contribution in [0.25, 0.3) is 10.9 Å². The normalized spacial score (nSPS) is 11.2. The van der Waals surface area contributed by atoms with Gasteiger partial charge < -0.3 is 15.1 Å². The van der Waals surface area contributed by atoms with E-state index in [1.54, 1.807) is 6.20 Å². The van der Waals surface area contributed by atoms with Crippen molar-refractivity contribution in [2.75, 3.05) is 5.32 Å². The Morgan fingerprint density at radius 3 is 2.87 bits per heavy atom. The molecule has 3 aromatic rings. The summed E-state index contributed by atoms with van der Waals surface area (Å²) in [7, 11) is 0. The molecule has 6 heteroatoms. The average molecular weight is 372 g/mol. The van der Waals surface area contributed by atoms with E-state index < -0.39 is 0 Å². The van der Waals surface area contributed by atoms with Gasteiger partial charge in [-0.05, 0) is 24.3 Å². The van der Waals surface area contributed by atoms with Gasteiger partial charge in [0.15, 0.2) is 0 Å². The van der Waals surface area contributed by atoms with Gasteiger partial charge in [-0.2, -0.15) is 0 Å². The second kappa shape index (κ2) is 6.66. The summed E-state index contributed by atoms with van der Waals surface area (Å²) in [6, 6.07) is 15.1. The van der Waals surface area contributed by atoms with Gasteiger partial charge in [-0.1, -0.05) is 45.4 Å². The molecular weight excluding hydrogens is 358 g/mol. The number of oxime groups is 1. The monoisotopic (exact) mass is 371 g/mol. The number of benzene rings is 2. The number of halogens is 1. The zero-order valence-corrected chi connectivity index (χ0v) is 13.7. The Morgan fingerprint density at radius 2 is 2.09 bits per heavy atom. The largest absolute Gasteiger partial charge is 0.411 e. The van der Waals surface area contributed by atoms with E-state index in [2.05, 4.69) is 26.4 Å². The fraction of sp³-hybridized carbons (Fsp3) is 0.0588.